The fourth-order valence-electron chi connectivity index (χ4n) is 1.90. The van der Waals surface area contributed by atoms with Crippen molar-refractivity contribution < 1.29 is 27.5 Å². The molecule has 0 aliphatic rings. The van der Waals surface area contributed by atoms with E-state index in [4.69, 9.17) is 4.74 Å². The van der Waals surface area contributed by atoms with Gasteiger partial charge in [0.1, 0.15) is 0 Å². The van der Waals surface area contributed by atoms with Gasteiger partial charge in [-0.2, -0.15) is 0 Å². The third kappa shape index (κ3) is 7.75. The lowest BCUT2D eigenvalue weighted by molar-refractivity contribution is -0.152. The van der Waals surface area contributed by atoms with Gasteiger partial charge < -0.3 is 15.0 Å². The van der Waals surface area contributed by atoms with E-state index in [0.717, 1.165) is 0 Å². The van der Waals surface area contributed by atoms with Crippen LogP contribution in [0.3, 0.4) is 0 Å². The zero-order chi connectivity index (χ0) is 20.6. The van der Waals surface area contributed by atoms with Crippen LogP contribution in [0.4, 0.5) is 5.69 Å². The highest BCUT2D eigenvalue weighted by molar-refractivity contribution is 7.89. The van der Waals surface area contributed by atoms with Crippen molar-refractivity contribution in [2.75, 3.05) is 25.5 Å². The number of ether oxygens (including phenoxy) is 1. The summed E-state index contributed by atoms with van der Waals surface area (Å²) in [5.74, 6) is -1.28. The summed E-state index contributed by atoms with van der Waals surface area (Å²) < 4.78 is 31.5. The van der Waals surface area contributed by atoms with Crippen LogP contribution in [0.1, 0.15) is 27.2 Å². The third-order valence-corrected chi connectivity index (χ3v) is 5.11. The number of hydrogen-bond acceptors (Lipinski definition) is 6. The van der Waals surface area contributed by atoms with E-state index < -0.39 is 16.0 Å². The van der Waals surface area contributed by atoms with Gasteiger partial charge in [-0.05, 0) is 38.1 Å². The number of rotatable bonds is 9. The summed E-state index contributed by atoms with van der Waals surface area (Å²) in [5, 5.41) is 2.53. The minimum Gasteiger partial charge on any atom is -0.456 e. The number of benzene rings is 1. The van der Waals surface area contributed by atoms with Crippen molar-refractivity contribution in [3.05, 3.63) is 24.3 Å². The Bertz CT molecular complexity index is 774. The molecule has 0 aliphatic carbocycles. The minimum absolute atomic E-state index is 0.00120. The second-order valence-corrected chi connectivity index (χ2v) is 7.88. The maximum Gasteiger partial charge on any atom is 0.307 e. The van der Waals surface area contributed by atoms with Gasteiger partial charge in [0.05, 0.1) is 11.3 Å². The summed E-state index contributed by atoms with van der Waals surface area (Å²) in [4.78, 5) is 35.8. The van der Waals surface area contributed by atoms with Crippen molar-refractivity contribution >= 4 is 33.5 Å². The van der Waals surface area contributed by atoms with Crippen molar-refractivity contribution in [2.24, 2.45) is 0 Å². The molecule has 27 heavy (non-hydrogen) atoms. The highest BCUT2D eigenvalue weighted by Gasteiger charge is 2.16. The lowest BCUT2D eigenvalue weighted by Gasteiger charge is -2.21. The third-order valence-electron chi connectivity index (χ3n) is 3.63. The van der Waals surface area contributed by atoms with Gasteiger partial charge in [0.15, 0.2) is 6.61 Å². The molecule has 0 atom stereocenters. The van der Waals surface area contributed by atoms with Crippen LogP contribution < -0.4 is 10.0 Å². The Balaban J connectivity index is 2.46. The number of esters is 1. The smallest absolute Gasteiger partial charge is 0.307 e. The quantitative estimate of drug-likeness (QED) is 0.590. The molecule has 150 valence electrons. The average Bonchev–Trinajstić information content (AvgIpc) is 2.58. The second-order valence-electron chi connectivity index (χ2n) is 6.11. The molecule has 0 spiro atoms. The summed E-state index contributed by atoms with van der Waals surface area (Å²) in [6.45, 7) is 4.46. The monoisotopic (exact) mass is 399 g/mol. The summed E-state index contributed by atoms with van der Waals surface area (Å²) in [6, 6.07) is 5.58. The molecular weight excluding hydrogens is 374 g/mol. The summed E-state index contributed by atoms with van der Waals surface area (Å²) >= 11 is 0. The molecule has 1 aromatic carbocycles. The molecule has 0 radical (unpaired) electrons. The van der Waals surface area contributed by atoms with E-state index in [2.05, 4.69) is 10.0 Å². The first-order valence-electron chi connectivity index (χ1n) is 8.31. The molecule has 0 fully saturated rings. The molecule has 0 aromatic heterocycles. The predicted octanol–water partition coefficient (Wildman–Crippen LogP) is 0.723. The normalized spacial score (nSPS) is 11.1. The zero-order valence-corrected chi connectivity index (χ0v) is 16.6. The van der Waals surface area contributed by atoms with Crippen LogP contribution >= 0.6 is 0 Å². The molecule has 10 heteroatoms. The van der Waals surface area contributed by atoms with E-state index in [0.29, 0.717) is 5.69 Å². The molecule has 0 bridgehead atoms. The number of anilines is 1. The van der Waals surface area contributed by atoms with Gasteiger partial charge in [0.25, 0.3) is 5.91 Å². The van der Waals surface area contributed by atoms with Gasteiger partial charge in [-0.3, -0.25) is 14.4 Å². The molecule has 0 heterocycles. The maximum absolute atomic E-state index is 12.2. The largest absolute Gasteiger partial charge is 0.456 e. The lowest BCUT2D eigenvalue weighted by Crippen LogP contribution is -2.36. The first-order valence-corrected chi connectivity index (χ1v) is 9.80. The Hall–Kier alpha value is -2.46. The van der Waals surface area contributed by atoms with Crippen LogP contribution in [0.15, 0.2) is 29.2 Å². The molecule has 0 unspecified atom stereocenters. The topological polar surface area (TPSA) is 122 Å². The van der Waals surface area contributed by atoms with Gasteiger partial charge in [-0.25, -0.2) is 13.1 Å². The summed E-state index contributed by atoms with van der Waals surface area (Å²) in [5.41, 5.74) is 0.473. The fourth-order valence-corrected chi connectivity index (χ4v) is 2.93. The van der Waals surface area contributed by atoms with E-state index in [9.17, 15) is 22.8 Å². The van der Waals surface area contributed by atoms with Gasteiger partial charge in [0.2, 0.25) is 15.9 Å². The SMILES string of the molecule is CC(=O)Nc1ccc(S(=O)(=O)NCCC(=O)OCC(=O)N(C)C(C)C)cc1. The second kappa shape index (κ2) is 10.0. The van der Waals surface area contributed by atoms with Gasteiger partial charge in [-0.1, -0.05) is 0 Å². The predicted molar refractivity (Wildman–Crippen MR) is 99.4 cm³/mol. The van der Waals surface area contributed by atoms with Crippen LogP contribution in [0.5, 0.6) is 0 Å². The van der Waals surface area contributed by atoms with Crippen molar-refractivity contribution in [2.45, 2.75) is 38.1 Å². The van der Waals surface area contributed by atoms with Gasteiger partial charge >= 0.3 is 5.97 Å². The minimum atomic E-state index is -3.80. The first-order chi connectivity index (χ1) is 12.5. The summed E-state index contributed by atoms with van der Waals surface area (Å²) in [6.07, 6.45) is -0.206. The number of likely N-dealkylation sites (N-methyl/N-ethyl adjacent to an activating group) is 1. The Labute approximate surface area is 159 Å². The van der Waals surface area contributed by atoms with E-state index in [1.54, 1.807) is 7.05 Å². The van der Waals surface area contributed by atoms with Crippen LogP contribution in [-0.4, -0.2) is 57.3 Å². The summed E-state index contributed by atoms with van der Waals surface area (Å²) in [7, 11) is -2.20. The molecule has 0 aliphatic heterocycles. The standard InChI is InChI=1S/C17H25N3O6S/c1-12(2)20(4)16(22)11-26-17(23)9-10-18-27(24,25)15-7-5-14(6-8-15)19-13(3)21/h5-8,12,18H,9-11H2,1-4H3,(H,19,21). The number of sulfonamides is 1. The maximum atomic E-state index is 12.2. The molecular formula is C17H25N3O6S. The molecule has 0 saturated carbocycles. The molecule has 2 amide bonds. The van der Waals surface area contributed by atoms with Crippen LogP contribution in [-0.2, 0) is 29.1 Å². The lowest BCUT2D eigenvalue weighted by atomic mass is 10.3. The van der Waals surface area contributed by atoms with E-state index in [-0.39, 0.29) is 42.3 Å². The van der Waals surface area contributed by atoms with Crippen molar-refractivity contribution in [3.63, 3.8) is 0 Å². The van der Waals surface area contributed by atoms with Gasteiger partial charge in [0, 0.05) is 32.2 Å². The Morgan fingerprint density at radius 3 is 2.26 bits per heavy atom. The van der Waals surface area contributed by atoms with E-state index in [1.807, 2.05) is 13.8 Å². The number of nitrogens with one attached hydrogen (secondary N) is 2. The van der Waals surface area contributed by atoms with Gasteiger partial charge in [-0.15, -0.1) is 0 Å². The zero-order valence-electron chi connectivity index (χ0n) is 15.8. The Morgan fingerprint density at radius 2 is 1.74 bits per heavy atom. The van der Waals surface area contributed by atoms with Crippen molar-refractivity contribution in [3.8, 4) is 0 Å². The number of carbonyl (C=O) groups excluding carboxylic acids is 3. The number of carbonyl (C=O) groups is 3. The molecule has 2 N–H and O–H groups in total. The van der Waals surface area contributed by atoms with Crippen molar-refractivity contribution in [1.82, 2.24) is 9.62 Å². The average molecular weight is 399 g/mol. The van der Waals surface area contributed by atoms with Crippen LogP contribution in [0, 0.1) is 0 Å². The van der Waals surface area contributed by atoms with Crippen LogP contribution in [0.25, 0.3) is 0 Å². The Morgan fingerprint density at radius 1 is 1.15 bits per heavy atom. The number of nitrogens with zero attached hydrogens (tertiary/aromatic N) is 1. The van der Waals surface area contributed by atoms with E-state index in [1.165, 1.54) is 36.1 Å². The molecule has 0 saturated heterocycles. The van der Waals surface area contributed by atoms with Crippen LogP contribution in [0.2, 0.25) is 0 Å². The highest BCUT2D eigenvalue weighted by atomic mass is 32.2. The number of hydrogen-bond donors (Lipinski definition) is 2. The van der Waals surface area contributed by atoms with Crippen molar-refractivity contribution in [1.29, 1.82) is 0 Å². The molecule has 1 rings (SSSR count). The highest BCUT2D eigenvalue weighted by Crippen LogP contribution is 2.13. The first kappa shape index (κ1) is 22.6. The number of amides is 2. The fraction of sp³-hybridized carbons (Fsp3) is 0.471. The Kier molecular flexibility index (Phi) is 8.38. The molecule has 1 aromatic rings. The van der Waals surface area contributed by atoms with E-state index >= 15 is 0 Å². The molecule has 9 nitrogen and oxygen atoms in total.